The van der Waals surface area contributed by atoms with E-state index in [1.807, 2.05) is 10.8 Å². The van der Waals surface area contributed by atoms with Gasteiger partial charge in [0, 0.05) is 36.7 Å². The molecular weight excluding hydrogens is 298 g/mol. The minimum absolute atomic E-state index is 0.326. The van der Waals surface area contributed by atoms with E-state index in [2.05, 4.69) is 15.6 Å². The molecule has 0 unspecified atom stereocenters. The van der Waals surface area contributed by atoms with Gasteiger partial charge in [0.25, 0.3) is 0 Å². The fourth-order valence-corrected chi connectivity index (χ4v) is 1.87. The molecule has 2 rings (SSSR count). The Morgan fingerprint density at radius 2 is 1.87 bits per heavy atom. The molecule has 1 heterocycles. The monoisotopic (exact) mass is 315 g/mol. The zero-order valence-corrected chi connectivity index (χ0v) is 12.4. The van der Waals surface area contributed by atoms with Crippen LogP contribution in [0.2, 0.25) is 0 Å². The first-order valence-corrected chi connectivity index (χ1v) is 7.01. The summed E-state index contributed by atoms with van der Waals surface area (Å²) in [6.45, 7) is 1.08. The van der Waals surface area contributed by atoms with Gasteiger partial charge in [-0.3, -0.25) is 14.4 Å². The first-order chi connectivity index (χ1) is 11.1. The highest BCUT2D eigenvalue weighted by atomic mass is 16.2. The number of hydrogen-bond donors (Lipinski definition) is 3. The Balaban J connectivity index is 1.73. The van der Waals surface area contributed by atoms with Gasteiger partial charge in [0.15, 0.2) is 0 Å². The van der Waals surface area contributed by atoms with Crippen LogP contribution in [0.4, 0.5) is 5.69 Å². The Morgan fingerprint density at radius 3 is 2.48 bits per heavy atom. The normalized spacial score (nSPS) is 10.1. The van der Waals surface area contributed by atoms with Gasteiger partial charge in [-0.25, -0.2) is 4.98 Å². The summed E-state index contributed by atoms with van der Waals surface area (Å²) in [5.74, 6) is -2.03. The number of benzene rings is 1. The molecule has 0 atom stereocenters. The largest absolute Gasteiger partial charge is 0.366 e. The summed E-state index contributed by atoms with van der Waals surface area (Å²) in [6.07, 6.45) is 5.87. The molecule has 0 spiro atoms. The highest BCUT2D eigenvalue weighted by Crippen LogP contribution is 2.08. The van der Waals surface area contributed by atoms with Gasteiger partial charge in [-0.05, 0) is 30.7 Å². The van der Waals surface area contributed by atoms with Gasteiger partial charge in [-0.15, -0.1) is 0 Å². The standard InChI is InChI=1S/C15H17N5O3/c16-13(21)11-2-4-12(5-3-11)19-15(23)14(22)18-6-1-8-20-9-7-17-10-20/h2-5,7,9-10H,1,6,8H2,(H2,16,21)(H,18,22)(H,19,23). The van der Waals surface area contributed by atoms with E-state index in [1.54, 1.807) is 12.5 Å². The Morgan fingerprint density at radius 1 is 1.13 bits per heavy atom. The maximum Gasteiger partial charge on any atom is 0.313 e. The van der Waals surface area contributed by atoms with Gasteiger partial charge in [0.2, 0.25) is 5.91 Å². The van der Waals surface area contributed by atoms with E-state index in [9.17, 15) is 14.4 Å². The molecule has 120 valence electrons. The SMILES string of the molecule is NC(=O)c1ccc(NC(=O)C(=O)NCCCn2ccnc2)cc1. The molecule has 0 saturated carbocycles. The number of carbonyl (C=O) groups excluding carboxylic acids is 3. The molecule has 0 bridgehead atoms. The number of primary amides is 1. The lowest BCUT2D eigenvalue weighted by Gasteiger charge is -2.07. The molecule has 8 nitrogen and oxygen atoms in total. The number of aromatic nitrogens is 2. The molecule has 8 heteroatoms. The van der Waals surface area contributed by atoms with Crippen molar-refractivity contribution in [1.82, 2.24) is 14.9 Å². The quantitative estimate of drug-likeness (QED) is 0.518. The van der Waals surface area contributed by atoms with Crippen LogP contribution in [-0.2, 0) is 16.1 Å². The Bertz CT molecular complexity index is 680. The molecule has 0 aliphatic heterocycles. The maximum atomic E-state index is 11.7. The van der Waals surface area contributed by atoms with Crippen molar-refractivity contribution >= 4 is 23.4 Å². The average molecular weight is 315 g/mol. The van der Waals surface area contributed by atoms with Crippen LogP contribution in [0.3, 0.4) is 0 Å². The molecule has 0 saturated heterocycles. The molecule has 23 heavy (non-hydrogen) atoms. The zero-order chi connectivity index (χ0) is 16.7. The molecule has 1 aromatic heterocycles. The third-order valence-corrected chi connectivity index (χ3v) is 3.07. The summed E-state index contributed by atoms with van der Waals surface area (Å²) in [6, 6.07) is 5.95. The van der Waals surface area contributed by atoms with E-state index in [0.29, 0.717) is 30.8 Å². The molecule has 0 aliphatic rings. The number of aryl methyl sites for hydroxylation is 1. The second kappa shape index (κ2) is 7.74. The number of carbonyl (C=O) groups is 3. The van der Waals surface area contributed by atoms with Crippen molar-refractivity contribution < 1.29 is 14.4 Å². The van der Waals surface area contributed by atoms with Crippen LogP contribution in [-0.4, -0.2) is 33.8 Å². The van der Waals surface area contributed by atoms with Crippen molar-refractivity contribution in [3.8, 4) is 0 Å². The summed E-state index contributed by atoms with van der Waals surface area (Å²) in [4.78, 5) is 38.2. The van der Waals surface area contributed by atoms with Crippen molar-refractivity contribution in [2.24, 2.45) is 5.73 Å². The Labute approximate surface area is 132 Å². The van der Waals surface area contributed by atoms with Crippen molar-refractivity contribution in [1.29, 1.82) is 0 Å². The number of nitrogens with one attached hydrogen (secondary N) is 2. The van der Waals surface area contributed by atoms with Crippen molar-refractivity contribution in [3.63, 3.8) is 0 Å². The number of anilines is 1. The van der Waals surface area contributed by atoms with Gasteiger partial charge < -0.3 is 20.9 Å². The number of hydrogen-bond acceptors (Lipinski definition) is 4. The number of nitrogens with zero attached hydrogens (tertiary/aromatic N) is 2. The minimum atomic E-state index is -0.764. The van der Waals surface area contributed by atoms with Crippen LogP contribution in [0.15, 0.2) is 43.0 Å². The van der Waals surface area contributed by atoms with E-state index in [1.165, 1.54) is 24.3 Å². The highest BCUT2D eigenvalue weighted by Gasteiger charge is 2.13. The molecule has 4 N–H and O–H groups in total. The molecule has 1 aromatic carbocycles. The molecule has 0 fully saturated rings. The van der Waals surface area contributed by atoms with Gasteiger partial charge in [-0.2, -0.15) is 0 Å². The summed E-state index contributed by atoms with van der Waals surface area (Å²) in [5.41, 5.74) is 5.86. The van der Waals surface area contributed by atoms with Crippen LogP contribution < -0.4 is 16.4 Å². The lowest BCUT2D eigenvalue weighted by molar-refractivity contribution is -0.136. The molecular formula is C15H17N5O3. The second-order valence-electron chi connectivity index (χ2n) is 4.81. The van der Waals surface area contributed by atoms with Crippen molar-refractivity contribution in [3.05, 3.63) is 48.5 Å². The van der Waals surface area contributed by atoms with E-state index < -0.39 is 17.7 Å². The minimum Gasteiger partial charge on any atom is -0.366 e. The van der Waals surface area contributed by atoms with Crippen molar-refractivity contribution in [2.75, 3.05) is 11.9 Å². The van der Waals surface area contributed by atoms with Gasteiger partial charge in [0.1, 0.15) is 0 Å². The van der Waals surface area contributed by atoms with E-state index in [-0.39, 0.29) is 0 Å². The van der Waals surface area contributed by atoms with Crippen LogP contribution in [0.5, 0.6) is 0 Å². The van der Waals surface area contributed by atoms with Crippen molar-refractivity contribution in [2.45, 2.75) is 13.0 Å². The third-order valence-electron chi connectivity index (χ3n) is 3.07. The van der Waals surface area contributed by atoms with E-state index in [4.69, 9.17) is 5.73 Å². The second-order valence-corrected chi connectivity index (χ2v) is 4.81. The van der Waals surface area contributed by atoms with Gasteiger partial charge >= 0.3 is 11.8 Å². The van der Waals surface area contributed by atoms with Crippen LogP contribution in [0, 0.1) is 0 Å². The molecule has 2 aromatic rings. The summed E-state index contributed by atoms with van der Waals surface area (Å²) in [7, 11) is 0. The van der Waals surface area contributed by atoms with Crippen LogP contribution in [0.1, 0.15) is 16.8 Å². The van der Waals surface area contributed by atoms with Crippen LogP contribution in [0.25, 0.3) is 0 Å². The summed E-state index contributed by atoms with van der Waals surface area (Å²) in [5, 5.41) is 4.98. The third kappa shape index (κ3) is 4.95. The predicted octanol–water partition coefficient (Wildman–Crippen LogP) is 0.127. The first kappa shape index (κ1) is 16.2. The number of rotatable bonds is 6. The fourth-order valence-electron chi connectivity index (χ4n) is 1.87. The zero-order valence-electron chi connectivity index (χ0n) is 12.4. The summed E-state index contributed by atoms with van der Waals surface area (Å²) >= 11 is 0. The number of imidazole rings is 1. The van der Waals surface area contributed by atoms with Gasteiger partial charge in [-0.1, -0.05) is 0 Å². The topological polar surface area (TPSA) is 119 Å². The Kier molecular flexibility index (Phi) is 5.45. The molecule has 0 radical (unpaired) electrons. The molecule has 3 amide bonds. The number of amides is 3. The van der Waals surface area contributed by atoms with E-state index in [0.717, 1.165) is 0 Å². The lowest BCUT2D eigenvalue weighted by Crippen LogP contribution is -2.36. The fraction of sp³-hybridized carbons (Fsp3) is 0.200. The smallest absolute Gasteiger partial charge is 0.313 e. The average Bonchev–Trinajstić information content (AvgIpc) is 3.05. The summed E-state index contributed by atoms with van der Waals surface area (Å²) < 4.78 is 1.88. The highest BCUT2D eigenvalue weighted by molar-refractivity contribution is 6.39. The first-order valence-electron chi connectivity index (χ1n) is 7.01. The predicted molar refractivity (Wildman–Crippen MR) is 83.4 cm³/mol. The van der Waals surface area contributed by atoms with Gasteiger partial charge in [0.05, 0.1) is 6.33 Å². The molecule has 0 aliphatic carbocycles. The van der Waals surface area contributed by atoms with E-state index >= 15 is 0 Å². The maximum absolute atomic E-state index is 11.7. The lowest BCUT2D eigenvalue weighted by atomic mass is 10.2. The number of nitrogens with two attached hydrogens (primary N) is 1. The Hall–Kier alpha value is -3.16. The van der Waals surface area contributed by atoms with Crippen LogP contribution >= 0.6 is 0 Å².